The molecule has 2 heterocycles. The number of fused-ring (bicyclic) bond motifs is 1. The van der Waals surface area contributed by atoms with Gasteiger partial charge in [0.1, 0.15) is 0 Å². The molecule has 2 fully saturated rings. The summed E-state index contributed by atoms with van der Waals surface area (Å²) >= 11 is 0. The summed E-state index contributed by atoms with van der Waals surface area (Å²) in [5, 5.41) is 0. The van der Waals surface area contributed by atoms with Crippen LogP contribution < -0.4 is 0 Å². The highest BCUT2D eigenvalue weighted by Gasteiger charge is 2.47. The number of carbonyl (C=O) groups is 2. The van der Waals surface area contributed by atoms with Crippen LogP contribution in [0.4, 0.5) is 0 Å². The first-order valence-electron chi connectivity index (χ1n) is 9.60. The van der Waals surface area contributed by atoms with E-state index in [-0.39, 0.29) is 29.8 Å². The smallest absolute Gasteiger partial charge is 0.234 e. The van der Waals surface area contributed by atoms with E-state index in [0.29, 0.717) is 26.1 Å². The van der Waals surface area contributed by atoms with Crippen LogP contribution in [0.2, 0.25) is 0 Å². The van der Waals surface area contributed by atoms with Gasteiger partial charge in [0, 0.05) is 13.1 Å². The summed E-state index contributed by atoms with van der Waals surface area (Å²) in [6, 6.07) is 10.2. The molecule has 0 spiro atoms. The maximum atomic E-state index is 12.6. The van der Waals surface area contributed by atoms with Crippen molar-refractivity contribution in [3.63, 3.8) is 0 Å². The van der Waals surface area contributed by atoms with E-state index in [1.54, 1.807) is 0 Å². The maximum Gasteiger partial charge on any atom is 0.234 e. The molecule has 5 nitrogen and oxygen atoms in total. The van der Waals surface area contributed by atoms with Crippen molar-refractivity contribution < 1.29 is 14.3 Å². The Morgan fingerprint density at radius 3 is 2.15 bits per heavy atom. The van der Waals surface area contributed by atoms with Gasteiger partial charge in [0.2, 0.25) is 11.8 Å². The van der Waals surface area contributed by atoms with E-state index in [1.165, 1.54) is 10.5 Å². The molecule has 2 unspecified atom stereocenters. The first-order valence-corrected chi connectivity index (χ1v) is 9.60. The van der Waals surface area contributed by atoms with Gasteiger partial charge in [-0.05, 0) is 31.2 Å². The quantitative estimate of drug-likeness (QED) is 0.602. The lowest BCUT2D eigenvalue weighted by atomic mass is 9.85. The zero-order valence-electron chi connectivity index (χ0n) is 15.0. The third kappa shape index (κ3) is 3.60. The Morgan fingerprint density at radius 2 is 1.54 bits per heavy atom. The number of amides is 2. The van der Waals surface area contributed by atoms with Crippen molar-refractivity contribution in [2.45, 2.75) is 38.4 Å². The Bertz CT molecular complexity index is 654. The van der Waals surface area contributed by atoms with Crippen molar-refractivity contribution in [2.24, 2.45) is 11.8 Å². The monoisotopic (exact) mass is 354 g/mol. The van der Waals surface area contributed by atoms with Crippen LogP contribution in [0.15, 0.2) is 42.5 Å². The maximum absolute atomic E-state index is 12.6. The second-order valence-corrected chi connectivity index (χ2v) is 7.52. The van der Waals surface area contributed by atoms with Crippen molar-refractivity contribution in [3.05, 3.63) is 48.0 Å². The predicted octanol–water partition coefficient (Wildman–Crippen LogP) is 2.58. The van der Waals surface area contributed by atoms with Crippen LogP contribution in [0, 0.1) is 11.8 Å². The predicted molar refractivity (Wildman–Crippen MR) is 97.9 cm³/mol. The molecule has 2 atom stereocenters. The number of rotatable bonds is 5. The summed E-state index contributed by atoms with van der Waals surface area (Å²) in [4.78, 5) is 28.8. The molecule has 1 aromatic carbocycles. The van der Waals surface area contributed by atoms with Gasteiger partial charge in [-0.3, -0.25) is 19.4 Å². The van der Waals surface area contributed by atoms with Crippen LogP contribution in [0.3, 0.4) is 0 Å². The highest BCUT2D eigenvalue weighted by molar-refractivity contribution is 6.05. The number of likely N-dealkylation sites (tertiary alicyclic amines) is 2. The number of piperidine rings is 1. The van der Waals surface area contributed by atoms with E-state index in [4.69, 9.17) is 4.74 Å². The molecule has 2 amide bonds. The third-order valence-corrected chi connectivity index (χ3v) is 5.80. The fourth-order valence-corrected chi connectivity index (χ4v) is 4.21. The lowest BCUT2D eigenvalue weighted by Crippen LogP contribution is -2.46. The summed E-state index contributed by atoms with van der Waals surface area (Å²) in [5.74, 6) is -0.211. The fraction of sp³-hybridized carbons (Fsp3) is 0.524. The van der Waals surface area contributed by atoms with E-state index in [0.717, 1.165) is 25.9 Å². The average molecular weight is 354 g/mol. The second-order valence-electron chi connectivity index (χ2n) is 7.52. The zero-order valence-corrected chi connectivity index (χ0v) is 15.0. The van der Waals surface area contributed by atoms with Crippen molar-refractivity contribution in [1.29, 1.82) is 0 Å². The summed E-state index contributed by atoms with van der Waals surface area (Å²) in [6.07, 6.45) is 7.62. The Labute approximate surface area is 154 Å². The van der Waals surface area contributed by atoms with Crippen molar-refractivity contribution >= 4 is 11.8 Å². The van der Waals surface area contributed by atoms with Crippen molar-refractivity contribution in [1.82, 2.24) is 9.80 Å². The molecule has 4 rings (SSSR count). The van der Waals surface area contributed by atoms with Gasteiger partial charge in [0.25, 0.3) is 0 Å². The molecule has 0 aromatic heterocycles. The molecule has 2 saturated heterocycles. The van der Waals surface area contributed by atoms with Crippen LogP contribution in [-0.2, 0) is 20.9 Å². The minimum absolute atomic E-state index is 0.0202. The van der Waals surface area contributed by atoms with Gasteiger partial charge in [0.05, 0.1) is 31.2 Å². The number of allylic oxidation sites excluding steroid dienone is 2. The average Bonchev–Trinajstić information content (AvgIpc) is 2.93. The van der Waals surface area contributed by atoms with Crippen LogP contribution in [0.1, 0.15) is 31.2 Å². The summed E-state index contributed by atoms with van der Waals surface area (Å²) in [5.41, 5.74) is 1.19. The molecule has 0 saturated carbocycles. The zero-order chi connectivity index (χ0) is 17.9. The standard InChI is InChI=1S/C21H26N2O3/c24-20-18-8-4-5-9-19(18)21(25)23(20)15-22-12-10-17(11-13-22)26-14-16-6-2-1-3-7-16/h1-7,17-19H,8-15H2. The van der Waals surface area contributed by atoms with Crippen LogP contribution in [-0.4, -0.2) is 47.5 Å². The topological polar surface area (TPSA) is 49.9 Å². The lowest BCUT2D eigenvalue weighted by molar-refractivity contribution is -0.143. The molecule has 138 valence electrons. The van der Waals surface area contributed by atoms with E-state index >= 15 is 0 Å². The molecule has 2 aliphatic heterocycles. The number of ether oxygens (including phenoxy) is 1. The molecule has 0 radical (unpaired) electrons. The molecule has 0 N–H and O–H groups in total. The minimum atomic E-state index is -0.126. The van der Waals surface area contributed by atoms with E-state index in [2.05, 4.69) is 17.0 Å². The van der Waals surface area contributed by atoms with Gasteiger partial charge in [-0.15, -0.1) is 0 Å². The van der Waals surface area contributed by atoms with Crippen LogP contribution in [0.25, 0.3) is 0 Å². The number of nitrogens with zero attached hydrogens (tertiary/aromatic N) is 2. The van der Waals surface area contributed by atoms with E-state index < -0.39 is 0 Å². The van der Waals surface area contributed by atoms with Crippen LogP contribution >= 0.6 is 0 Å². The highest BCUT2D eigenvalue weighted by Crippen LogP contribution is 2.35. The first kappa shape index (κ1) is 17.4. The second kappa shape index (κ2) is 7.72. The number of hydrogen-bond donors (Lipinski definition) is 0. The van der Waals surface area contributed by atoms with Gasteiger partial charge in [-0.2, -0.15) is 0 Å². The molecule has 0 bridgehead atoms. The summed E-state index contributed by atoms with van der Waals surface area (Å²) in [6.45, 7) is 2.81. The van der Waals surface area contributed by atoms with Gasteiger partial charge < -0.3 is 4.74 Å². The molecule has 3 aliphatic rings. The Hall–Kier alpha value is -1.98. The van der Waals surface area contributed by atoms with Gasteiger partial charge in [-0.1, -0.05) is 42.5 Å². The molecule has 26 heavy (non-hydrogen) atoms. The fourth-order valence-electron chi connectivity index (χ4n) is 4.21. The Balaban J connectivity index is 1.25. The minimum Gasteiger partial charge on any atom is -0.373 e. The number of benzene rings is 1. The largest absolute Gasteiger partial charge is 0.373 e. The lowest BCUT2D eigenvalue weighted by Gasteiger charge is -2.34. The Kier molecular flexibility index (Phi) is 5.18. The van der Waals surface area contributed by atoms with Crippen molar-refractivity contribution in [3.8, 4) is 0 Å². The van der Waals surface area contributed by atoms with E-state index in [1.807, 2.05) is 30.4 Å². The number of imide groups is 1. The molecular formula is C21H26N2O3. The molecule has 1 aromatic rings. The third-order valence-electron chi connectivity index (χ3n) is 5.80. The van der Waals surface area contributed by atoms with Gasteiger partial charge >= 0.3 is 0 Å². The van der Waals surface area contributed by atoms with Gasteiger partial charge in [0.15, 0.2) is 0 Å². The van der Waals surface area contributed by atoms with Crippen molar-refractivity contribution in [2.75, 3.05) is 19.8 Å². The number of hydrogen-bond acceptors (Lipinski definition) is 4. The summed E-state index contributed by atoms with van der Waals surface area (Å²) < 4.78 is 6.02. The van der Waals surface area contributed by atoms with E-state index in [9.17, 15) is 9.59 Å². The SMILES string of the molecule is O=C1C2CC=CCC2C(=O)N1CN1CCC(OCc2ccccc2)CC1. The molecule has 1 aliphatic carbocycles. The highest BCUT2D eigenvalue weighted by atomic mass is 16.5. The van der Waals surface area contributed by atoms with Gasteiger partial charge in [-0.25, -0.2) is 0 Å². The normalized spacial score (nSPS) is 27.2. The Morgan fingerprint density at radius 1 is 0.923 bits per heavy atom. The molecule has 5 heteroatoms. The summed E-state index contributed by atoms with van der Waals surface area (Å²) in [7, 11) is 0. The molecular weight excluding hydrogens is 328 g/mol. The first-order chi connectivity index (χ1) is 12.7. The van der Waals surface area contributed by atoms with Crippen LogP contribution in [0.5, 0.6) is 0 Å². The number of carbonyl (C=O) groups excluding carboxylic acids is 2.